The van der Waals surface area contributed by atoms with Crippen molar-refractivity contribution in [2.45, 2.75) is 19.0 Å². The molecule has 0 aromatic carbocycles. The molecule has 8 heteroatoms. The van der Waals surface area contributed by atoms with E-state index in [0.29, 0.717) is 19.2 Å². The van der Waals surface area contributed by atoms with Gasteiger partial charge in [-0.25, -0.2) is 9.67 Å². The number of rotatable bonds is 6. The van der Waals surface area contributed by atoms with E-state index >= 15 is 0 Å². The molecule has 0 bridgehead atoms. The molecule has 2 N–H and O–H groups in total. The standard InChI is InChI=1S/C11H19N5O2S/c1-18-4-3-16(9-2-5-19-7-9)10(17)6-15-8-13-11(12)14-15/h8-9H,2-7H2,1H3,(H2,12,14). The fraction of sp³-hybridized carbons (Fsp3) is 0.727. The molecular weight excluding hydrogens is 266 g/mol. The predicted molar refractivity (Wildman–Crippen MR) is 73.8 cm³/mol. The van der Waals surface area contributed by atoms with E-state index in [9.17, 15) is 4.79 Å². The maximum Gasteiger partial charge on any atom is 0.244 e. The molecule has 0 radical (unpaired) electrons. The number of nitrogens with zero attached hydrogens (tertiary/aromatic N) is 4. The zero-order valence-electron chi connectivity index (χ0n) is 11.0. The molecule has 1 aliphatic rings. The van der Waals surface area contributed by atoms with E-state index in [0.717, 1.165) is 17.9 Å². The second kappa shape index (κ2) is 6.76. The van der Waals surface area contributed by atoms with E-state index in [1.165, 1.54) is 11.0 Å². The summed E-state index contributed by atoms with van der Waals surface area (Å²) in [7, 11) is 1.64. The second-order valence-electron chi connectivity index (χ2n) is 4.40. The summed E-state index contributed by atoms with van der Waals surface area (Å²) in [6.07, 6.45) is 2.52. The molecule has 2 rings (SSSR count). The largest absolute Gasteiger partial charge is 0.383 e. The van der Waals surface area contributed by atoms with Crippen LogP contribution >= 0.6 is 11.8 Å². The molecule has 1 atom stereocenters. The zero-order valence-corrected chi connectivity index (χ0v) is 11.8. The third kappa shape index (κ3) is 3.84. The topological polar surface area (TPSA) is 86.3 Å². The Bertz CT molecular complexity index is 419. The van der Waals surface area contributed by atoms with Crippen LogP contribution in [0.2, 0.25) is 0 Å². The van der Waals surface area contributed by atoms with Gasteiger partial charge in [0.2, 0.25) is 11.9 Å². The highest BCUT2D eigenvalue weighted by molar-refractivity contribution is 7.99. The second-order valence-corrected chi connectivity index (χ2v) is 5.55. The van der Waals surface area contributed by atoms with Gasteiger partial charge >= 0.3 is 0 Å². The number of anilines is 1. The van der Waals surface area contributed by atoms with Crippen molar-refractivity contribution in [1.29, 1.82) is 0 Å². The normalized spacial score (nSPS) is 18.7. The number of carbonyl (C=O) groups excluding carboxylic acids is 1. The highest BCUT2D eigenvalue weighted by Gasteiger charge is 2.26. The number of hydrogen-bond donors (Lipinski definition) is 1. The summed E-state index contributed by atoms with van der Waals surface area (Å²) >= 11 is 1.88. The Morgan fingerprint density at radius 3 is 3.16 bits per heavy atom. The van der Waals surface area contributed by atoms with Crippen molar-refractivity contribution in [3.05, 3.63) is 6.33 Å². The average molecular weight is 285 g/mol. The molecule has 1 fully saturated rings. The van der Waals surface area contributed by atoms with Gasteiger partial charge in [0.15, 0.2) is 0 Å². The van der Waals surface area contributed by atoms with Crippen molar-refractivity contribution in [3.8, 4) is 0 Å². The van der Waals surface area contributed by atoms with Gasteiger partial charge in [-0.3, -0.25) is 4.79 Å². The maximum absolute atomic E-state index is 12.3. The third-order valence-corrected chi connectivity index (χ3v) is 4.20. The van der Waals surface area contributed by atoms with E-state index in [4.69, 9.17) is 10.5 Å². The van der Waals surface area contributed by atoms with E-state index in [1.54, 1.807) is 7.11 Å². The summed E-state index contributed by atoms with van der Waals surface area (Å²) in [6, 6.07) is 0.300. The van der Waals surface area contributed by atoms with Crippen molar-refractivity contribution < 1.29 is 9.53 Å². The van der Waals surface area contributed by atoms with Gasteiger partial charge in [-0.1, -0.05) is 0 Å². The van der Waals surface area contributed by atoms with Gasteiger partial charge < -0.3 is 15.4 Å². The number of nitrogen functional groups attached to an aromatic ring is 1. The lowest BCUT2D eigenvalue weighted by Gasteiger charge is -2.28. The van der Waals surface area contributed by atoms with E-state index in [2.05, 4.69) is 10.1 Å². The fourth-order valence-electron chi connectivity index (χ4n) is 2.08. The van der Waals surface area contributed by atoms with Crippen LogP contribution in [0.15, 0.2) is 6.33 Å². The van der Waals surface area contributed by atoms with Gasteiger partial charge in [-0.05, 0) is 12.2 Å². The lowest BCUT2D eigenvalue weighted by molar-refractivity contribution is -0.134. The van der Waals surface area contributed by atoms with Crippen molar-refractivity contribution in [2.75, 3.05) is 37.5 Å². The minimum absolute atomic E-state index is 0.0365. The third-order valence-electron chi connectivity index (χ3n) is 3.05. The van der Waals surface area contributed by atoms with Gasteiger partial charge in [-0.2, -0.15) is 11.8 Å². The molecule has 2 heterocycles. The highest BCUT2D eigenvalue weighted by atomic mass is 32.2. The van der Waals surface area contributed by atoms with Crippen LogP contribution in [0.3, 0.4) is 0 Å². The van der Waals surface area contributed by atoms with E-state index < -0.39 is 0 Å². The van der Waals surface area contributed by atoms with Gasteiger partial charge in [0.1, 0.15) is 12.9 Å². The monoisotopic (exact) mass is 285 g/mol. The number of ether oxygens (including phenoxy) is 1. The molecule has 1 aliphatic heterocycles. The molecule has 0 saturated carbocycles. The number of carbonyl (C=O) groups is 1. The van der Waals surface area contributed by atoms with E-state index in [-0.39, 0.29) is 18.4 Å². The SMILES string of the molecule is COCCN(C(=O)Cn1cnc(N)n1)C1CCSC1. The number of hydrogen-bond acceptors (Lipinski definition) is 6. The summed E-state index contributed by atoms with van der Waals surface area (Å²) in [6.45, 7) is 1.34. The molecule has 1 amide bonds. The first-order chi connectivity index (χ1) is 9.20. The molecule has 1 unspecified atom stereocenters. The number of methoxy groups -OCH3 is 1. The molecule has 1 saturated heterocycles. The summed E-state index contributed by atoms with van der Waals surface area (Å²) in [5, 5.41) is 3.94. The average Bonchev–Trinajstić information content (AvgIpc) is 3.02. The van der Waals surface area contributed by atoms with Crippen LogP contribution in [0, 0.1) is 0 Å². The molecular formula is C11H19N5O2S. The molecule has 106 valence electrons. The molecule has 1 aromatic heterocycles. The first-order valence-electron chi connectivity index (χ1n) is 6.21. The van der Waals surface area contributed by atoms with Crippen LogP contribution in [0.5, 0.6) is 0 Å². The Kier molecular flexibility index (Phi) is 5.03. The number of nitrogens with two attached hydrogens (primary N) is 1. The van der Waals surface area contributed by atoms with Crippen molar-refractivity contribution in [3.63, 3.8) is 0 Å². The Morgan fingerprint density at radius 2 is 2.58 bits per heavy atom. The van der Waals surface area contributed by atoms with Gasteiger partial charge in [0.25, 0.3) is 0 Å². The Morgan fingerprint density at radius 1 is 1.74 bits per heavy atom. The van der Waals surface area contributed by atoms with Crippen LogP contribution in [-0.4, -0.2) is 63.4 Å². The first-order valence-corrected chi connectivity index (χ1v) is 7.37. The minimum atomic E-state index is 0.0365. The summed E-state index contributed by atoms with van der Waals surface area (Å²) in [5.74, 6) is 2.33. The van der Waals surface area contributed by atoms with Crippen molar-refractivity contribution in [2.24, 2.45) is 0 Å². The van der Waals surface area contributed by atoms with Gasteiger partial charge in [-0.15, -0.1) is 5.10 Å². The quantitative estimate of drug-likeness (QED) is 0.781. The first kappa shape index (κ1) is 14.1. The highest BCUT2D eigenvalue weighted by Crippen LogP contribution is 2.22. The van der Waals surface area contributed by atoms with Gasteiger partial charge in [0, 0.05) is 25.4 Å². The minimum Gasteiger partial charge on any atom is -0.383 e. The molecule has 7 nitrogen and oxygen atoms in total. The number of thioether (sulfide) groups is 1. The van der Waals surface area contributed by atoms with Gasteiger partial charge in [0.05, 0.1) is 6.61 Å². The van der Waals surface area contributed by atoms with E-state index in [1.807, 2.05) is 16.7 Å². The summed E-state index contributed by atoms with van der Waals surface area (Å²) < 4.78 is 6.55. The van der Waals surface area contributed by atoms with Crippen molar-refractivity contribution in [1.82, 2.24) is 19.7 Å². The van der Waals surface area contributed by atoms with Crippen LogP contribution in [0.25, 0.3) is 0 Å². The smallest absolute Gasteiger partial charge is 0.244 e. The van der Waals surface area contributed by atoms with Crippen LogP contribution in [0.1, 0.15) is 6.42 Å². The molecule has 0 aliphatic carbocycles. The van der Waals surface area contributed by atoms with Crippen LogP contribution in [0.4, 0.5) is 5.95 Å². The fourth-order valence-corrected chi connectivity index (χ4v) is 3.31. The lowest BCUT2D eigenvalue weighted by atomic mass is 10.2. The summed E-state index contributed by atoms with van der Waals surface area (Å²) in [4.78, 5) is 18.1. The van der Waals surface area contributed by atoms with Crippen LogP contribution in [-0.2, 0) is 16.1 Å². The lowest BCUT2D eigenvalue weighted by Crippen LogP contribution is -2.44. The maximum atomic E-state index is 12.3. The Balaban J connectivity index is 1.97. The molecule has 19 heavy (non-hydrogen) atoms. The molecule has 0 spiro atoms. The number of aromatic nitrogens is 3. The summed E-state index contributed by atoms with van der Waals surface area (Å²) in [5.41, 5.74) is 5.44. The number of amides is 1. The Labute approximate surface area is 116 Å². The molecule has 1 aromatic rings. The Hall–Kier alpha value is -1.28. The van der Waals surface area contributed by atoms with Crippen molar-refractivity contribution >= 4 is 23.6 Å². The van der Waals surface area contributed by atoms with Crippen LogP contribution < -0.4 is 5.73 Å². The zero-order chi connectivity index (χ0) is 13.7. The predicted octanol–water partition coefficient (Wildman–Crippen LogP) is -0.159.